The highest BCUT2D eigenvalue weighted by molar-refractivity contribution is 5.75. The molecule has 0 spiro atoms. The van der Waals surface area contributed by atoms with Crippen molar-refractivity contribution in [3.8, 4) is 0 Å². The molecule has 5 nitrogen and oxygen atoms in total. The van der Waals surface area contributed by atoms with Crippen molar-refractivity contribution in [2.75, 3.05) is 33.4 Å². The van der Waals surface area contributed by atoms with E-state index in [1.54, 1.807) is 7.05 Å². The summed E-state index contributed by atoms with van der Waals surface area (Å²) in [5.74, 6) is 0.0619. The highest BCUT2D eigenvalue weighted by Crippen LogP contribution is 2.19. The fourth-order valence-corrected chi connectivity index (χ4v) is 1.88. The molecular formula is C11H22N2O3. The second-order valence-corrected chi connectivity index (χ2v) is 4.25. The van der Waals surface area contributed by atoms with Gasteiger partial charge in [0.15, 0.2) is 0 Å². The summed E-state index contributed by atoms with van der Waals surface area (Å²) in [6, 6.07) is 0. The zero-order valence-corrected chi connectivity index (χ0v) is 9.92. The number of nitrogens with one attached hydrogen (secondary N) is 2. The molecule has 94 valence electrons. The summed E-state index contributed by atoms with van der Waals surface area (Å²) in [6.07, 6.45) is 3.00. The Morgan fingerprint density at radius 3 is 2.69 bits per heavy atom. The van der Waals surface area contributed by atoms with Crippen molar-refractivity contribution in [3.05, 3.63) is 0 Å². The van der Waals surface area contributed by atoms with Gasteiger partial charge in [0.05, 0.1) is 6.61 Å². The van der Waals surface area contributed by atoms with Gasteiger partial charge in [0.2, 0.25) is 5.91 Å². The van der Waals surface area contributed by atoms with Crippen LogP contribution in [0, 0.1) is 0 Å². The van der Waals surface area contributed by atoms with E-state index in [4.69, 9.17) is 4.74 Å². The Morgan fingerprint density at radius 1 is 1.44 bits per heavy atom. The van der Waals surface area contributed by atoms with Crippen LogP contribution < -0.4 is 10.6 Å². The highest BCUT2D eigenvalue weighted by Gasteiger charge is 2.30. The first kappa shape index (κ1) is 13.4. The first-order valence-corrected chi connectivity index (χ1v) is 5.87. The molecule has 1 aliphatic heterocycles. The molecular weight excluding hydrogens is 208 g/mol. The van der Waals surface area contributed by atoms with Crippen LogP contribution in [0.3, 0.4) is 0 Å². The fraction of sp³-hybridized carbons (Fsp3) is 0.909. The van der Waals surface area contributed by atoms with Gasteiger partial charge in [-0.1, -0.05) is 0 Å². The maximum absolute atomic E-state index is 11.0. The van der Waals surface area contributed by atoms with Crippen LogP contribution in [-0.2, 0) is 9.53 Å². The van der Waals surface area contributed by atoms with E-state index in [9.17, 15) is 9.90 Å². The Balaban J connectivity index is 2.20. The fourth-order valence-electron chi connectivity index (χ4n) is 1.88. The van der Waals surface area contributed by atoms with Crippen molar-refractivity contribution in [1.29, 1.82) is 0 Å². The SMILES string of the molecule is CNC(=O)CCCNC1(CO)CCOCC1. The van der Waals surface area contributed by atoms with Crippen molar-refractivity contribution in [1.82, 2.24) is 10.6 Å². The first-order valence-electron chi connectivity index (χ1n) is 5.87. The monoisotopic (exact) mass is 230 g/mol. The van der Waals surface area contributed by atoms with E-state index >= 15 is 0 Å². The third-order valence-electron chi connectivity index (χ3n) is 3.11. The Labute approximate surface area is 96.6 Å². The Hall–Kier alpha value is -0.650. The lowest BCUT2D eigenvalue weighted by Gasteiger charge is -2.36. The third-order valence-corrected chi connectivity index (χ3v) is 3.11. The highest BCUT2D eigenvalue weighted by atomic mass is 16.5. The van der Waals surface area contributed by atoms with E-state index < -0.39 is 0 Å². The maximum Gasteiger partial charge on any atom is 0.219 e. The quantitative estimate of drug-likeness (QED) is 0.545. The number of aliphatic hydroxyl groups excluding tert-OH is 1. The van der Waals surface area contributed by atoms with E-state index in [1.165, 1.54) is 0 Å². The molecule has 0 atom stereocenters. The van der Waals surface area contributed by atoms with Crippen LogP contribution in [0.2, 0.25) is 0 Å². The number of rotatable bonds is 6. The summed E-state index contributed by atoms with van der Waals surface area (Å²) in [7, 11) is 1.64. The molecule has 0 aromatic heterocycles. The largest absolute Gasteiger partial charge is 0.394 e. The van der Waals surface area contributed by atoms with E-state index in [0.717, 1.165) is 25.8 Å². The Bertz CT molecular complexity index is 215. The zero-order valence-electron chi connectivity index (χ0n) is 9.92. The third kappa shape index (κ3) is 4.08. The van der Waals surface area contributed by atoms with E-state index in [1.807, 2.05) is 0 Å². The standard InChI is InChI=1S/C11H22N2O3/c1-12-10(15)3-2-6-13-11(9-14)4-7-16-8-5-11/h13-14H,2-9H2,1H3,(H,12,15). The summed E-state index contributed by atoms with van der Waals surface area (Å²) in [5.41, 5.74) is -0.194. The lowest BCUT2D eigenvalue weighted by atomic mass is 9.91. The van der Waals surface area contributed by atoms with E-state index in [2.05, 4.69) is 10.6 Å². The lowest BCUT2D eigenvalue weighted by Crippen LogP contribution is -2.52. The van der Waals surface area contributed by atoms with Crippen LogP contribution in [-0.4, -0.2) is 50.0 Å². The molecule has 0 saturated carbocycles. The van der Waals surface area contributed by atoms with Gasteiger partial charge in [-0.15, -0.1) is 0 Å². The summed E-state index contributed by atoms with van der Waals surface area (Å²) in [4.78, 5) is 11.0. The molecule has 0 unspecified atom stereocenters. The van der Waals surface area contributed by atoms with Crippen LogP contribution in [0.5, 0.6) is 0 Å². The Morgan fingerprint density at radius 2 is 2.12 bits per heavy atom. The Kier molecular flexibility index (Phi) is 5.73. The second kappa shape index (κ2) is 6.83. The average Bonchev–Trinajstić information content (AvgIpc) is 2.35. The molecule has 1 fully saturated rings. The van der Waals surface area contributed by atoms with Gasteiger partial charge in [0, 0.05) is 32.2 Å². The van der Waals surface area contributed by atoms with Gasteiger partial charge in [0.1, 0.15) is 0 Å². The second-order valence-electron chi connectivity index (χ2n) is 4.25. The predicted molar refractivity (Wildman–Crippen MR) is 61.2 cm³/mol. The van der Waals surface area contributed by atoms with Gasteiger partial charge < -0.3 is 20.5 Å². The molecule has 5 heteroatoms. The van der Waals surface area contributed by atoms with Crippen molar-refractivity contribution in [3.63, 3.8) is 0 Å². The van der Waals surface area contributed by atoms with E-state index in [0.29, 0.717) is 19.6 Å². The molecule has 0 bridgehead atoms. The molecule has 1 rings (SSSR count). The number of amides is 1. The molecule has 0 aromatic rings. The topological polar surface area (TPSA) is 70.6 Å². The van der Waals surface area contributed by atoms with Gasteiger partial charge in [-0.3, -0.25) is 4.79 Å². The lowest BCUT2D eigenvalue weighted by molar-refractivity contribution is -0.120. The number of ether oxygens (including phenoxy) is 1. The predicted octanol–water partition coefficient (Wildman–Crippen LogP) is -0.356. The minimum Gasteiger partial charge on any atom is -0.394 e. The molecule has 1 aliphatic rings. The van der Waals surface area contributed by atoms with Crippen molar-refractivity contribution in [2.45, 2.75) is 31.2 Å². The first-order chi connectivity index (χ1) is 7.72. The van der Waals surface area contributed by atoms with Crippen LogP contribution in [0.15, 0.2) is 0 Å². The summed E-state index contributed by atoms with van der Waals surface area (Å²) in [6.45, 7) is 2.29. The van der Waals surface area contributed by atoms with Crippen molar-refractivity contribution >= 4 is 5.91 Å². The van der Waals surface area contributed by atoms with Crippen LogP contribution >= 0.6 is 0 Å². The molecule has 0 aliphatic carbocycles. The van der Waals surface area contributed by atoms with Crippen LogP contribution in [0.25, 0.3) is 0 Å². The molecule has 3 N–H and O–H groups in total. The van der Waals surface area contributed by atoms with E-state index in [-0.39, 0.29) is 18.1 Å². The van der Waals surface area contributed by atoms with Crippen LogP contribution in [0.4, 0.5) is 0 Å². The van der Waals surface area contributed by atoms with Crippen LogP contribution in [0.1, 0.15) is 25.7 Å². The van der Waals surface area contributed by atoms with Gasteiger partial charge in [0.25, 0.3) is 0 Å². The smallest absolute Gasteiger partial charge is 0.219 e. The van der Waals surface area contributed by atoms with Gasteiger partial charge in [-0.05, 0) is 25.8 Å². The molecule has 0 aromatic carbocycles. The zero-order chi connectivity index (χ0) is 11.9. The number of aliphatic hydroxyl groups is 1. The number of carbonyl (C=O) groups is 1. The molecule has 1 heterocycles. The van der Waals surface area contributed by atoms with Gasteiger partial charge in [-0.2, -0.15) is 0 Å². The summed E-state index contributed by atoms with van der Waals surface area (Å²) < 4.78 is 5.27. The van der Waals surface area contributed by atoms with Crippen molar-refractivity contribution in [2.24, 2.45) is 0 Å². The normalized spacial score (nSPS) is 19.4. The number of hydrogen-bond donors (Lipinski definition) is 3. The van der Waals surface area contributed by atoms with Crippen molar-refractivity contribution < 1.29 is 14.6 Å². The molecule has 16 heavy (non-hydrogen) atoms. The van der Waals surface area contributed by atoms with Gasteiger partial charge in [-0.25, -0.2) is 0 Å². The van der Waals surface area contributed by atoms with Gasteiger partial charge >= 0.3 is 0 Å². The summed E-state index contributed by atoms with van der Waals surface area (Å²) in [5, 5.41) is 15.3. The molecule has 0 radical (unpaired) electrons. The number of hydrogen-bond acceptors (Lipinski definition) is 4. The minimum atomic E-state index is -0.194. The number of carbonyl (C=O) groups excluding carboxylic acids is 1. The summed E-state index contributed by atoms with van der Waals surface area (Å²) >= 11 is 0. The molecule has 1 saturated heterocycles. The molecule has 1 amide bonds. The minimum absolute atomic E-state index is 0.0619. The maximum atomic E-state index is 11.0. The average molecular weight is 230 g/mol.